The van der Waals surface area contributed by atoms with E-state index in [-0.39, 0.29) is 10.8 Å². The molecular weight excluding hydrogens is 354 g/mol. The van der Waals surface area contributed by atoms with Crippen LogP contribution in [0.5, 0.6) is 0 Å². The highest BCUT2D eigenvalue weighted by Gasteiger charge is 2.21. The molecule has 0 spiro atoms. The number of fused-ring (bicyclic) bond motifs is 1. The van der Waals surface area contributed by atoms with Crippen LogP contribution in [0.25, 0.3) is 0 Å². The van der Waals surface area contributed by atoms with Gasteiger partial charge in [-0.3, -0.25) is 4.79 Å². The van der Waals surface area contributed by atoms with E-state index in [2.05, 4.69) is 12.1 Å². The van der Waals surface area contributed by atoms with E-state index in [4.69, 9.17) is 5.73 Å². The third kappa shape index (κ3) is 3.85. The lowest BCUT2D eigenvalue weighted by atomic mass is 10.0. The first-order chi connectivity index (χ1) is 12.4. The number of amides is 3. The van der Waals surface area contributed by atoms with Gasteiger partial charge < -0.3 is 10.6 Å². The van der Waals surface area contributed by atoms with Crippen LogP contribution in [0.4, 0.5) is 4.79 Å². The molecule has 2 aromatic rings. The van der Waals surface area contributed by atoms with E-state index < -0.39 is 16.1 Å². The predicted molar refractivity (Wildman–Crippen MR) is 96.1 cm³/mol. The largest absolute Gasteiger partial charge is 0.351 e. The minimum atomic E-state index is -4.02. The van der Waals surface area contributed by atoms with Crippen molar-refractivity contribution in [3.63, 3.8) is 0 Å². The van der Waals surface area contributed by atoms with E-state index in [1.807, 2.05) is 12.1 Å². The predicted octanol–water partition coefficient (Wildman–Crippen LogP) is 1.28. The van der Waals surface area contributed by atoms with Crippen molar-refractivity contribution in [1.82, 2.24) is 9.62 Å². The molecular formula is C18H19N3O4S. The van der Waals surface area contributed by atoms with Crippen molar-refractivity contribution in [1.29, 1.82) is 0 Å². The molecule has 136 valence electrons. The summed E-state index contributed by atoms with van der Waals surface area (Å²) in [5, 5.41) is 0. The minimum absolute atomic E-state index is 0.129. The fourth-order valence-corrected chi connectivity index (χ4v) is 3.90. The van der Waals surface area contributed by atoms with Gasteiger partial charge in [0, 0.05) is 18.7 Å². The van der Waals surface area contributed by atoms with Gasteiger partial charge in [0.1, 0.15) is 0 Å². The fourth-order valence-electron chi connectivity index (χ4n) is 3.02. The Bertz CT molecular complexity index is 912. The number of carbonyl (C=O) groups excluding carboxylic acids is 2. The normalized spacial score (nSPS) is 14.2. The Morgan fingerprint density at radius 1 is 0.923 bits per heavy atom. The molecule has 3 rings (SSSR count). The SMILES string of the molecule is NC(=O)NS(=O)(=O)c1ccc(C(=O)N2CCc3ccccc3CC2)cc1. The number of sulfonamides is 1. The van der Waals surface area contributed by atoms with Crippen LogP contribution in [0.2, 0.25) is 0 Å². The number of rotatable bonds is 3. The van der Waals surface area contributed by atoms with Crippen LogP contribution in [0, 0.1) is 0 Å². The second kappa shape index (κ2) is 7.17. The van der Waals surface area contributed by atoms with E-state index in [1.165, 1.54) is 35.4 Å². The number of primary amides is 1. The Hall–Kier alpha value is -2.87. The molecule has 0 radical (unpaired) electrons. The van der Waals surface area contributed by atoms with Gasteiger partial charge in [-0.15, -0.1) is 0 Å². The lowest BCUT2D eigenvalue weighted by molar-refractivity contribution is 0.0763. The quantitative estimate of drug-likeness (QED) is 0.844. The zero-order chi connectivity index (χ0) is 18.7. The molecule has 0 unspecified atom stereocenters. The molecule has 2 aromatic carbocycles. The number of nitrogens with one attached hydrogen (secondary N) is 1. The van der Waals surface area contributed by atoms with Gasteiger partial charge in [-0.2, -0.15) is 0 Å². The van der Waals surface area contributed by atoms with Gasteiger partial charge in [-0.25, -0.2) is 17.9 Å². The van der Waals surface area contributed by atoms with Crippen LogP contribution in [-0.4, -0.2) is 38.3 Å². The molecule has 26 heavy (non-hydrogen) atoms. The van der Waals surface area contributed by atoms with E-state index >= 15 is 0 Å². The van der Waals surface area contributed by atoms with Crippen LogP contribution < -0.4 is 10.5 Å². The summed E-state index contributed by atoms with van der Waals surface area (Å²) < 4.78 is 25.5. The number of hydrogen-bond acceptors (Lipinski definition) is 4. The Kier molecular flexibility index (Phi) is 4.94. The van der Waals surface area contributed by atoms with Crippen LogP contribution >= 0.6 is 0 Å². The molecule has 0 bridgehead atoms. The molecule has 0 fully saturated rings. The molecule has 1 heterocycles. The monoisotopic (exact) mass is 373 g/mol. The van der Waals surface area contributed by atoms with Gasteiger partial charge in [-0.1, -0.05) is 24.3 Å². The molecule has 1 aliphatic rings. The van der Waals surface area contributed by atoms with Gasteiger partial charge in [0.25, 0.3) is 15.9 Å². The lowest BCUT2D eigenvalue weighted by Crippen LogP contribution is -2.35. The molecule has 0 saturated heterocycles. The van der Waals surface area contributed by atoms with Gasteiger partial charge in [0.15, 0.2) is 0 Å². The molecule has 3 amide bonds. The highest BCUT2D eigenvalue weighted by molar-refractivity contribution is 7.90. The van der Waals surface area contributed by atoms with Crippen molar-refractivity contribution in [3.8, 4) is 0 Å². The van der Waals surface area contributed by atoms with E-state index in [9.17, 15) is 18.0 Å². The van der Waals surface area contributed by atoms with Crippen LogP contribution in [0.15, 0.2) is 53.4 Å². The second-order valence-corrected chi connectivity index (χ2v) is 7.74. The summed E-state index contributed by atoms with van der Waals surface area (Å²) in [4.78, 5) is 25.1. The van der Waals surface area contributed by atoms with Gasteiger partial charge in [0.2, 0.25) is 0 Å². The third-order valence-corrected chi connectivity index (χ3v) is 5.72. The summed E-state index contributed by atoms with van der Waals surface area (Å²) >= 11 is 0. The Morgan fingerprint density at radius 3 is 1.96 bits per heavy atom. The standard InChI is InChI=1S/C18H19N3O4S/c19-18(23)20-26(24,25)16-7-5-15(6-8-16)17(22)21-11-9-13-3-1-2-4-14(13)10-12-21/h1-8H,9-12H2,(H3,19,20,23). The molecule has 0 atom stereocenters. The number of hydrogen-bond donors (Lipinski definition) is 2. The minimum Gasteiger partial charge on any atom is -0.351 e. The molecule has 0 aliphatic carbocycles. The first-order valence-electron chi connectivity index (χ1n) is 8.15. The molecule has 7 nitrogen and oxygen atoms in total. The topological polar surface area (TPSA) is 110 Å². The fraction of sp³-hybridized carbons (Fsp3) is 0.222. The number of nitrogens with two attached hydrogens (primary N) is 1. The maximum absolute atomic E-state index is 12.7. The van der Waals surface area contributed by atoms with Gasteiger partial charge >= 0.3 is 6.03 Å². The first kappa shape index (κ1) is 17.9. The average molecular weight is 373 g/mol. The average Bonchev–Trinajstić information content (AvgIpc) is 2.83. The number of carbonyl (C=O) groups is 2. The summed E-state index contributed by atoms with van der Waals surface area (Å²) in [5.41, 5.74) is 7.75. The summed E-state index contributed by atoms with van der Waals surface area (Å²) in [5.74, 6) is -0.149. The van der Waals surface area contributed by atoms with Crippen LogP contribution in [0.1, 0.15) is 21.5 Å². The van der Waals surface area contributed by atoms with E-state index in [0.29, 0.717) is 18.7 Å². The van der Waals surface area contributed by atoms with Crippen molar-refractivity contribution in [2.75, 3.05) is 13.1 Å². The maximum atomic E-state index is 12.7. The van der Waals surface area contributed by atoms with Gasteiger partial charge in [0.05, 0.1) is 4.90 Å². The smallest absolute Gasteiger partial charge is 0.326 e. The van der Waals surface area contributed by atoms with Crippen molar-refractivity contribution in [2.45, 2.75) is 17.7 Å². The second-order valence-electron chi connectivity index (χ2n) is 6.06. The summed E-state index contributed by atoms with van der Waals surface area (Å²) in [6, 6.07) is 12.4. The Balaban J connectivity index is 1.74. The highest BCUT2D eigenvalue weighted by Crippen LogP contribution is 2.18. The third-order valence-electron chi connectivity index (χ3n) is 4.35. The van der Waals surface area contributed by atoms with Crippen molar-refractivity contribution >= 4 is 22.0 Å². The zero-order valence-corrected chi connectivity index (χ0v) is 14.8. The zero-order valence-electron chi connectivity index (χ0n) is 14.0. The molecule has 3 N–H and O–H groups in total. The van der Waals surface area contributed by atoms with E-state index in [0.717, 1.165) is 12.8 Å². The van der Waals surface area contributed by atoms with E-state index in [1.54, 1.807) is 9.62 Å². The summed E-state index contributed by atoms with van der Waals surface area (Å²) in [6.45, 7) is 1.22. The first-order valence-corrected chi connectivity index (χ1v) is 9.63. The summed E-state index contributed by atoms with van der Waals surface area (Å²) in [6.07, 6.45) is 1.58. The van der Waals surface area contributed by atoms with Crippen LogP contribution in [-0.2, 0) is 22.9 Å². The Labute approximate surface area is 151 Å². The van der Waals surface area contributed by atoms with Crippen LogP contribution in [0.3, 0.4) is 0 Å². The number of nitrogens with zero attached hydrogens (tertiary/aromatic N) is 1. The summed E-state index contributed by atoms with van der Waals surface area (Å²) in [7, 11) is -4.02. The maximum Gasteiger partial charge on any atom is 0.326 e. The van der Waals surface area contributed by atoms with Crippen molar-refractivity contribution in [2.24, 2.45) is 5.73 Å². The van der Waals surface area contributed by atoms with Crippen molar-refractivity contribution in [3.05, 3.63) is 65.2 Å². The molecule has 8 heteroatoms. The highest BCUT2D eigenvalue weighted by atomic mass is 32.2. The Morgan fingerprint density at radius 2 is 1.46 bits per heavy atom. The molecule has 0 saturated carbocycles. The molecule has 0 aromatic heterocycles. The lowest BCUT2D eigenvalue weighted by Gasteiger charge is -2.20. The number of urea groups is 1. The molecule has 1 aliphatic heterocycles. The van der Waals surface area contributed by atoms with Crippen molar-refractivity contribution < 1.29 is 18.0 Å². The number of benzene rings is 2. The van der Waals surface area contributed by atoms with Gasteiger partial charge in [-0.05, 0) is 48.2 Å².